The molecule has 1 unspecified atom stereocenters. The molecule has 1 aliphatic heterocycles. The van der Waals surface area contributed by atoms with E-state index >= 15 is 0 Å². The first kappa shape index (κ1) is 14.7. The van der Waals surface area contributed by atoms with E-state index in [0.717, 1.165) is 23.5 Å². The average Bonchev–Trinajstić information content (AvgIpc) is 2.47. The summed E-state index contributed by atoms with van der Waals surface area (Å²) in [7, 11) is 3.55. The van der Waals surface area contributed by atoms with Crippen molar-refractivity contribution in [3.8, 4) is 0 Å². The maximum atomic E-state index is 12.0. The molecule has 0 saturated carbocycles. The third-order valence-electron chi connectivity index (χ3n) is 3.44. The van der Waals surface area contributed by atoms with Crippen LogP contribution in [0, 0.1) is 6.92 Å². The number of nitrogens with one attached hydrogen (secondary N) is 2. The number of nitrogens with zero attached hydrogens (tertiary/aromatic N) is 2. The van der Waals surface area contributed by atoms with Gasteiger partial charge in [-0.2, -0.15) is 0 Å². The maximum Gasteiger partial charge on any atom is 0.244 e. The molecule has 0 aliphatic carbocycles. The molecule has 0 aromatic carbocycles. The van der Waals surface area contributed by atoms with Crippen LogP contribution < -0.4 is 15.5 Å². The quantitative estimate of drug-likeness (QED) is 0.815. The third-order valence-corrected chi connectivity index (χ3v) is 3.44. The molecule has 0 radical (unpaired) electrons. The van der Waals surface area contributed by atoms with Gasteiger partial charge in [0.1, 0.15) is 11.9 Å². The Bertz CT molecular complexity index is 478. The summed E-state index contributed by atoms with van der Waals surface area (Å²) >= 11 is 0. The molecule has 2 N–H and O–H groups in total. The molecule has 6 heteroatoms. The lowest BCUT2D eigenvalue weighted by molar-refractivity contribution is -0.124. The molecule has 1 amide bonds. The highest BCUT2D eigenvalue weighted by Gasteiger charge is 2.30. The minimum Gasteiger partial charge on any atom is -0.377 e. The van der Waals surface area contributed by atoms with E-state index in [2.05, 4.69) is 21.7 Å². The Morgan fingerprint density at radius 2 is 2.35 bits per heavy atom. The Labute approximate surface area is 119 Å². The topological polar surface area (TPSA) is 66.5 Å². The molecular weight excluding hydrogens is 256 g/mol. The van der Waals surface area contributed by atoms with Crippen molar-refractivity contribution in [3.63, 3.8) is 0 Å². The van der Waals surface area contributed by atoms with Gasteiger partial charge in [-0.15, -0.1) is 0 Å². The van der Waals surface area contributed by atoms with Gasteiger partial charge in [0.05, 0.1) is 13.2 Å². The number of aryl methyl sites for hydroxylation is 1. The zero-order valence-corrected chi connectivity index (χ0v) is 12.3. The minimum absolute atomic E-state index is 0.0369. The molecule has 0 bridgehead atoms. The van der Waals surface area contributed by atoms with E-state index in [9.17, 15) is 4.79 Å². The summed E-state index contributed by atoms with van der Waals surface area (Å²) in [5.74, 6) is 0.826. The zero-order chi connectivity index (χ0) is 14.5. The van der Waals surface area contributed by atoms with Gasteiger partial charge in [0.2, 0.25) is 5.91 Å². The lowest BCUT2D eigenvalue weighted by Gasteiger charge is -2.36. The largest absolute Gasteiger partial charge is 0.377 e. The van der Waals surface area contributed by atoms with Crippen molar-refractivity contribution in [1.82, 2.24) is 15.6 Å². The number of pyridine rings is 1. The number of morpholine rings is 1. The van der Waals surface area contributed by atoms with Crippen LogP contribution in [0.3, 0.4) is 0 Å². The Hall–Kier alpha value is -1.66. The monoisotopic (exact) mass is 278 g/mol. The number of amides is 1. The number of hydrogen-bond acceptors (Lipinski definition) is 5. The lowest BCUT2D eigenvalue weighted by atomic mass is 10.1. The summed E-state index contributed by atoms with van der Waals surface area (Å²) in [5.41, 5.74) is 2.21. The molecule has 0 spiro atoms. The number of carbonyl (C=O) groups is 1. The summed E-state index contributed by atoms with van der Waals surface area (Å²) < 4.78 is 5.42. The number of rotatable bonds is 4. The SMILES string of the molecule is CNCc1cnc(N2CCOCC2C(=O)NC)c(C)c1. The van der Waals surface area contributed by atoms with Crippen molar-refractivity contribution < 1.29 is 9.53 Å². The number of likely N-dealkylation sites (N-methyl/N-ethyl adjacent to an activating group) is 1. The summed E-state index contributed by atoms with van der Waals surface area (Å²) in [5, 5.41) is 5.80. The van der Waals surface area contributed by atoms with E-state index in [1.54, 1.807) is 7.05 Å². The zero-order valence-electron chi connectivity index (χ0n) is 12.3. The Morgan fingerprint density at radius 3 is 3.00 bits per heavy atom. The van der Waals surface area contributed by atoms with Gasteiger partial charge in [0.25, 0.3) is 0 Å². The first-order valence-electron chi connectivity index (χ1n) is 6.83. The molecule has 1 atom stereocenters. The standard InChI is InChI=1S/C14H22N4O2/c1-10-6-11(7-15-2)8-17-13(10)18-4-5-20-9-12(18)14(19)16-3/h6,8,12,15H,4-5,7,9H2,1-3H3,(H,16,19). The predicted octanol–water partition coefficient (Wildman–Crippen LogP) is 0.0606. The van der Waals surface area contributed by atoms with Crippen molar-refractivity contribution in [2.45, 2.75) is 19.5 Å². The van der Waals surface area contributed by atoms with E-state index in [1.165, 1.54) is 0 Å². The highest BCUT2D eigenvalue weighted by Crippen LogP contribution is 2.22. The van der Waals surface area contributed by atoms with Crippen LogP contribution in [0.5, 0.6) is 0 Å². The van der Waals surface area contributed by atoms with Crippen molar-refractivity contribution >= 4 is 11.7 Å². The fourth-order valence-corrected chi connectivity index (χ4v) is 2.47. The fourth-order valence-electron chi connectivity index (χ4n) is 2.47. The molecule has 1 fully saturated rings. The second kappa shape index (κ2) is 6.67. The molecule has 1 aliphatic rings. The molecule has 110 valence electrons. The van der Waals surface area contributed by atoms with Crippen LogP contribution in [0.25, 0.3) is 0 Å². The number of hydrogen-bond donors (Lipinski definition) is 2. The van der Waals surface area contributed by atoms with E-state index in [1.807, 2.05) is 25.1 Å². The summed E-state index contributed by atoms with van der Waals surface area (Å²) in [4.78, 5) is 18.5. The Morgan fingerprint density at radius 1 is 1.55 bits per heavy atom. The van der Waals surface area contributed by atoms with Crippen LogP contribution in [0.4, 0.5) is 5.82 Å². The van der Waals surface area contributed by atoms with Gasteiger partial charge in [-0.3, -0.25) is 4.79 Å². The van der Waals surface area contributed by atoms with E-state index in [-0.39, 0.29) is 11.9 Å². The highest BCUT2D eigenvalue weighted by atomic mass is 16.5. The van der Waals surface area contributed by atoms with Crippen molar-refractivity contribution in [2.24, 2.45) is 0 Å². The first-order valence-corrected chi connectivity index (χ1v) is 6.83. The maximum absolute atomic E-state index is 12.0. The molecule has 1 aromatic heterocycles. The van der Waals surface area contributed by atoms with Gasteiger partial charge in [0, 0.05) is 26.3 Å². The molecule has 2 rings (SSSR count). The number of carbonyl (C=O) groups excluding carboxylic acids is 1. The first-order chi connectivity index (χ1) is 9.67. The van der Waals surface area contributed by atoms with Gasteiger partial charge < -0.3 is 20.3 Å². The normalized spacial score (nSPS) is 18.9. The fraction of sp³-hybridized carbons (Fsp3) is 0.571. The van der Waals surface area contributed by atoms with Gasteiger partial charge in [-0.25, -0.2) is 4.98 Å². The highest BCUT2D eigenvalue weighted by molar-refractivity contribution is 5.85. The van der Waals surface area contributed by atoms with Crippen molar-refractivity contribution in [2.75, 3.05) is 38.8 Å². The van der Waals surface area contributed by atoms with Gasteiger partial charge >= 0.3 is 0 Å². The second-order valence-corrected chi connectivity index (χ2v) is 4.91. The molecule has 6 nitrogen and oxygen atoms in total. The molecule has 1 saturated heterocycles. The van der Waals surface area contributed by atoms with E-state index < -0.39 is 0 Å². The molecule has 1 aromatic rings. The van der Waals surface area contributed by atoms with Crippen molar-refractivity contribution in [3.05, 3.63) is 23.4 Å². The van der Waals surface area contributed by atoms with Crippen LogP contribution in [0.15, 0.2) is 12.3 Å². The smallest absolute Gasteiger partial charge is 0.244 e. The van der Waals surface area contributed by atoms with Gasteiger partial charge in [-0.1, -0.05) is 0 Å². The van der Waals surface area contributed by atoms with E-state index in [0.29, 0.717) is 19.8 Å². The Kier molecular flexibility index (Phi) is 4.92. The number of anilines is 1. The summed E-state index contributed by atoms with van der Waals surface area (Å²) in [6.07, 6.45) is 1.86. The number of aromatic nitrogens is 1. The lowest BCUT2D eigenvalue weighted by Crippen LogP contribution is -2.53. The van der Waals surface area contributed by atoms with Gasteiger partial charge in [0.15, 0.2) is 0 Å². The number of ether oxygens (including phenoxy) is 1. The minimum atomic E-state index is -0.310. The predicted molar refractivity (Wildman–Crippen MR) is 77.8 cm³/mol. The van der Waals surface area contributed by atoms with Crippen LogP contribution >= 0.6 is 0 Å². The van der Waals surface area contributed by atoms with Gasteiger partial charge in [-0.05, 0) is 31.2 Å². The van der Waals surface area contributed by atoms with Crippen LogP contribution in [-0.4, -0.2) is 50.8 Å². The van der Waals surface area contributed by atoms with Crippen LogP contribution in [0.1, 0.15) is 11.1 Å². The van der Waals surface area contributed by atoms with Crippen molar-refractivity contribution in [1.29, 1.82) is 0 Å². The third kappa shape index (κ3) is 3.08. The summed E-state index contributed by atoms with van der Waals surface area (Å²) in [6.45, 7) is 4.51. The molecular formula is C14H22N4O2. The molecule has 2 heterocycles. The van der Waals surface area contributed by atoms with E-state index in [4.69, 9.17) is 4.74 Å². The molecule has 20 heavy (non-hydrogen) atoms. The Balaban J connectivity index is 2.25. The summed E-state index contributed by atoms with van der Waals surface area (Å²) in [6, 6.07) is 1.80. The van der Waals surface area contributed by atoms with Crippen LogP contribution in [-0.2, 0) is 16.1 Å². The average molecular weight is 278 g/mol. The van der Waals surface area contributed by atoms with Crippen LogP contribution in [0.2, 0.25) is 0 Å². The second-order valence-electron chi connectivity index (χ2n) is 4.91.